The fourth-order valence-corrected chi connectivity index (χ4v) is 2.35. The third-order valence-electron chi connectivity index (χ3n) is 3.49. The molecule has 0 radical (unpaired) electrons. The van der Waals surface area contributed by atoms with E-state index in [2.05, 4.69) is 48.6 Å². The molecule has 0 aliphatic heterocycles. The van der Waals surface area contributed by atoms with Crippen LogP contribution in [0.5, 0.6) is 0 Å². The maximum absolute atomic E-state index is 12.0. The number of hydrogen-bond donors (Lipinski definition) is 1. The molecule has 0 spiro atoms. The van der Waals surface area contributed by atoms with Crippen molar-refractivity contribution in [2.75, 3.05) is 5.32 Å². The van der Waals surface area contributed by atoms with E-state index in [0.717, 1.165) is 5.76 Å². The van der Waals surface area contributed by atoms with Crippen LogP contribution in [0.1, 0.15) is 42.6 Å². The van der Waals surface area contributed by atoms with Gasteiger partial charge in [-0.2, -0.15) is 29.4 Å². The number of anilines is 1. The van der Waals surface area contributed by atoms with Crippen LogP contribution >= 0.6 is 11.6 Å². The van der Waals surface area contributed by atoms with Gasteiger partial charge in [0.05, 0.1) is 11.3 Å². The van der Waals surface area contributed by atoms with E-state index in [0.29, 0.717) is 22.1 Å². The molecule has 138 valence electrons. The van der Waals surface area contributed by atoms with E-state index >= 15 is 0 Å². The minimum Gasteiger partial charge on any atom is -0.470 e. The van der Waals surface area contributed by atoms with E-state index < -0.39 is 0 Å². The molecule has 1 N–H and O–H groups in total. The average Bonchev–Trinajstić information content (AvgIpc) is 3.18. The summed E-state index contributed by atoms with van der Waals surface area (Å²) in [6.45, 7) is 7.96. The monoisotopic (exact) mass is 411 g/mol. The van der Waals surface area contributed by atoms with Crippen LogP contribution in [0, 0.1) is 19.2 Å². The van der Waals surface area contributed by atoms with Gasteiger partial charge in [0.25, 0.3) is 5.91 Å². The summed E-state index contributed by atoms with van der Waals surface area (Å²) in [5.41, 5.74) is 1.78. The molecule has 0 aliphatic carbocycles. The molecule has 3 rings (SSSR count). The maximum Gasteiger partial charge on any atom is 1.00 e. The third-order valence-corrected chi connectivity index (χ3v) is 3.92. The fourth-order valence-electron chi connectivity index (χ4n) is 2.09. The number of aromatic nitrogens is 3. The molecule has 0 atom stereocenters. The zero-order chi connectivity index (χ0) is 19.3. The number of amides is 1. The van der Waals surface area contributed by atoms with Crippen LogP contribution in [-0.2, 0) is 12.5 Å². The number of benzene rings is 1. The maximum atomic E-state index is 12.0. The van der Waals surface area contributed by atoms with Crippen LogP contribution in [0.2, 0.25) is 5.15 Å². The third kappa shape index (κ3) is 6.85. The van der Waals surface area contributed by atoms with E-state index in [1.165, 1.54) is 4.68 Å². The van der Waals surface area contributed by atoms with Gasteiger partial charge in [0.2, 0.25) is 0 Å². The summed E-state index contributed by atoms with van der Waals surface area (Å²) in [7, 11) is 1.70. The van der Waals surface area contributed by atoms with Crippen molar-refractivity contribution in [3.05, 3.63) is 64.8 Å². The van der Waals surface area contributed by atoms with Gasteiger partial charge in [-0.05, 0) is 18.1 Å². The SMILES string of the molecule is CC(C)(C)c1c[c-]no1.Cc1nn(C)c(Cl)c1C(=O)Nc1cc[c-]cc1.[K+]. The number of rotatable bonds is 2. The van der Waals surface area contributed by atoms with E-state index in [1.807, 2.05) is 0 Å². The van der Waals surface area contributed by atoms with Crippen molar-refractivity contribution in [2.24, 2.45) is 7.05 Å². The summed E-state index contributed by atoms with van der Waals surface area (Å²) in [4.78, 5) is 12.0. The van der Waals surface area contributed by atoms with Gasteiger partial charge < -0.3 is 9.84 Å². The van der Waals surface area contributed by atoms with Gasteiger partial charge in [-0.15, -0.1) is 18.3 Å². The number of nitrogens with one attached hydrogen (secondary N) is 1. The van der Waals surface area contributed by atoms with Crippen molar-refractivity contribution >= 4 is 23.2 Å². The van der Waals surface area contributed by atoms with E-state index in [9.17, 15) is 4.79 Å². The van der Waals surface area contributed by atoms with Crippen molar-refractivity contribution in [2.45, 2.75) is 33.1 Å². The molecule has 0 fully saturated rings. The average molecular weight is 412 g/mol. The standard InChI is InChI=1S/C12H11ClN3O.C7H10NO.K/c1-8-10(11(13)16(2)15-8)12(17)14-9-6-4-3-5-7-9;1-7(2,3)6-4-5-8-9-6;/h4-7H,1-2H3,(H,14,17);4H,1-3H3;/q2*-1;+1. The first-order chi connectivity index (χ1) is 12.2. The van der Waals surface area contributed by atoms with Crippen LogP contribution in [-0.4, -0.2) is 20.8 Å². The quantitative estimate of drug-likeness (QED) is 0.508. The Kier molecular flexibility index (Phi) is 9.40. The molecule has 6 nitrogen and oxygen atoms in total. The molecule has 0 unspecified atom stereocenters. The zero-order valence-electron chi connectivity index (χ0n) is 16.4. The van der Waals surface area contributed by atoms with Crippen LogP contribution in [0.15, 0.2) is 34.9 Å². The van der Waals surface area contributed by atoms with Crippen molar-refractivity contribution in [3.63, 3.8) is 0 Å². The molecule has 2 heterocycles. The van der Waals surface area contributed by atoms with Crippen molar-refractivity contribution in [3.8, 4) is 0 Å². The Hall–Kier alpha value is -0.964. The molecule has 1 aromatic carbocycles. The van der Waals surface area contributed by atoms with Crippen LogP contribution in [0.3, 0.4) is 0 Å². The summed E-state index contributed by atoms with van der Waals surface area (Å²) in [5, 5.41) is 10.7. The van der Waals surface area contributed by atoms with Gasteiger partial charge in [-0.3, -0.25) is 9.48 Å². The number of hydrogen-bond acceptors (Lipinski definition) is 4. The van der Waals surface area contributed by atoms with Crippen LogP contribution in [0.25, 0.3) is 0 Å². The topological polar surface area (TPSA) is 73.0 Å². The second-order valence-electron chi connectivity index (χ2n) is 6.69. The zero-order valence-corrected chi connectivity index (χ0v) is 20.3. The summed E-state index contributed by atoms with van der Waals surface area (Å²) in [5.74, 6) is 0.620. The van der Waals surface area contributed by atoms with E-state index in [4.69, 9.17) is 16.1 Å². The smallest absolute Gasteiger partial charge is 0.470 e. The first-order valence-electron chi connectivity index (χ1n) is 8.00. The molecule has 8 heteroatoms. The van der Waals surface area contributed by atoms with E-state index in [-0.39, 0.29) is 62.7 Å². The molecule has 0 saturated heterocycles. The first kappa shape index (κ1) is 24.1. The largest absolute Gasteiger partial charge is 1.00 e. The van der Waals surface area contributed by atoms with Gasteiger partial charge in [-0.1, -0.05) is 38.1 Å². The van der Waals surface area contributed by atoms with Gasteiger partial charge in [0, 0.05) is 7.05 Å². The normalized spacial score (nSPS) is 10.4. The van der Waals surface area contributed by atoms with Crippen LogP contribution < -0.4 is 56.7 Å². The minimum atomic E-state index is -0.258. The minimum absolute atomic E-state index is 0. The molecule has 2 aromatic heterocycles. The number of halogens is 1. The van der Waals surface area contributed by atoms with Gasteiger partial charge in [0.1, 0.15) is 5.15 Å². The Bertz CT molecular complexity index is 856. The fraction of sp³-hybridized carbons (Fsp3) is 0.316. The van der Waals surface area contributed by atoms with Crippen molar-refractivity contribution in [1.29, 1.82) is 0 Å². The number of aryl methyl sites for hydroxylation is 2. The first-order valence-corrected chi connectivity index (χ1v) is 8.37. The molecule has 3 aromatic rings. The van der Waals surface area contributed by atoms with E-state index in [1.54, 1.807) is 44.3 Å². The molecule has 0 saturated carbocycles. The number of nitrogens with zero attached hydrogens (tertiary/aromatic N) is 3. The molecular formula is C19H21ClKN4O2-. The second kappa shape index (κ2) is 10.5. The summed E-state index contributed by atoms with van der Waals surface area (Å²) in [6.07, 6.45) is 2.62. The van der Waals surface area contributed by atoms with Crippen molar-refractivity contribution in [1.82, 2.24) is 14.9 Å². The predicted octanol–water partition coefficient (Wildman–Crippen LogP) is 1.21. The Morgan fingerprint density at radius 2 is 1.93 bits per heavy atom. The summed E-state index contributed by atoms with van der Waals surface area (Å²) < 4.78 is 6.37. The Morgan fingerprint density at radius 3 is 2.33 bits per heavy atom. The number of carbonyl (C=O) groups excluding carboxylic acids is 1. The van der Waals surface area contributed by atoms with Gasteiger partial charge >= 0.3 is 51.4 Å². The predicted molar refractivity (Wildman–Crippen MR) is 100 cm³/mol. The Labute approximate surface area is 207 Å². The molecule has 1 amide bonds. The Morgan fingerprint density at radius 1 is 1.30 bits per heavy atom. The molecule has 0 aliphatic rings. The summed E-state index contributed by atoms with van der Waals surface area (Å²) in [6, 6.07) is 11.6. The second-order valence-corrected chi connectivity index (χ2v) is 7.05. The molecule has 0 bridgehead atoms. The van der Waals surface area contributed by atoms with Gasteiger partial charge in [-0.25, -0.2) is 5.16 Å². The van der Waals surface area contributed by atoms with Crippen molar-refractivity contribution < 1.29 is 60.7 Å². The van der Waals surface area contributed by atoms with Gasteiger partial charge in [0.15, 0.2) is 0 Å². The molecular weight excluding hydrogens is 391 g/mol. The Balaban J connectivity index is 0.000000310. The van der Waals surface area contributed by atoms with Crippen LogP contribution in [0.4, 0.5) is 5.69 Å². The summed E-state index contributed by atoms with van der Waals surface area (Å²) >= 11 is 6.01. The number of carbonyl (C=O) groups is 1. The molecule has 27 heavy (non-hydrogen) atoms.